The standard InChI is InChI=1S/C19H27F3O/c1-18-9-8-14-13-5-3-12(19(20,21)22)10-11(13)2-4-15(14)16(18)6-7-17(18)23/h6-7,11-17,23H,2-5,8-10H2,1H3/t11-,12?,13+,14?,15-,16?,17+,18+/m1/s1. The minimum absolute atomic E-state index is 0.0306. The second kappa shape index (κ2) is 5.24. The van der Waals surface area contributed by atoms with Gasteiger partial charge < -0.3 is 5.11 Å². The first-order chi connectivity index (χ1) is 10.8. The van der Waals surface area contributed by atoms with Gasteiger partial charge in [0.2, 0.25) is 0 Å². The summed E-state index contributed by atoms with van der Waals surface area (Å²) in [4.78, 5) is 0. The van der Waals surface area contributed by atoms with Crippen molar-refractivity contribution in [1.82, 2.24) is 0 Å². The molecule has 3 unspecified atom stereocenters. The summed E-state index contributed by atoms with van der Waals surface area (Å²) in [6.07, 6.45) is 5.37. The van der Waals surface area contributed by atoms with Crippen molar-refractivity contribution in [3.63, 3.8) is 0 Å². The molecule has 0 heterocycles. The van der Waals surface area contributed by atoms with Gasteiger partial charge in [0.15, 0.2) is 0 Å². The van der Waals surface area contributed by atoms with Crippen LogP contribution in [0.2, 0.25) is 0 Å². The molecule has 4 rings (SSSR count). The molecule has 0 spiro atoms. The van der Waals surface area contributed by atoms with Crippen molar-refractivity contribution in [2.45, 2.75) is 64.1 Å². The number of rotatable bonds is 0. The van der Waals surface area contributed by atoms with E-state index in [0.717, 1.165) is 32.1 Å². The molecule has 3 fully saturated rings. The highest BCUT2D eigenvalue weighted by molar-refractivity contribution is 5.18. The molecule has 0 saturated heterocycles. The number of allylic oxidation sites excluding steroid dienone is 1. The lowest BCUT2D eigenvalue weighted by molar-refractivity contribution is -0.196. The largest absolute Gasteiger partial charge is 0.391 e. The Morgan fingerprint density at radius 3 is 2.43 bits per heavy atom. The Kier molecular flexibility index (Phi) is 3.64. The van der Waals surface area contributed by atoms with E-state index >= 15 is 0 Å². The third kappa shape index (κ3) is 2.39. The third-order valence-electron chi connectivity index (χ3n) is 7.89. The Labute approximate surface area is 136 Å². The molecule has 23 heavy (non-hydrogen) atoms. The first-order valence-corrected chi connectivity index (χ1v) is 9.24. The molecule has 0 aromatic carbocycles. The molecule has 4 heteroatoms. The second-order valence-corrected chi connectivity index (χ2v) is 8.78. The Morgan fingerprint density at radius 2 is 1.70 bits per heavy atom. The van der Waals surface area contributed by atoms with E-state index in [-0.39, 0.29) is 17.4 Å². The van der Waals surface area contributed by atoms with Crippen LogP contribution in [0.1, 0.15) is 51.9 Å². The van der Waals surface area contributed by atoms with Gasteiger partial charge in [0.05, 0.1) is 12.0 Å². The molecular weight excluding hydrogens is 301 g/mol. The van der Waals surface area contributed by atoms with Crippen LogP contribution in [0.5, 0.6) is 0 Å². The van der Waals surface area contributed by atoms with Crippen molar-refractivity contribution in [2.75, 3.05) is 0 Å². The normalized spacial score (nSPS) is 52.7. The van der Waals surface area contributed by atoms with Crippen LogP contribution < -0.4 is 0 Å². The molecule has 0 aromatic rings. The number of halogens is 3. The van der Waals surface area contributed by atoms with E-state index in [9.17, 15) is 18.3 Å². The summed E-state index contributed by atoms with van der Waals surface area (Å²) in [5, 5.41) is 10.3. The van der Waals surface area contributed by atoms with Crippen LogP contribution >= 0.6 is 0 Å². The summed E-state index contributed by atoms with van der Waals surface area (Å²) in [5.74, 6) is 1.28. The third-order valence-corrected chi connectivity index (χ3v) is 7.89. The van der Waals surface area contributed by atoms with Crippen molar-refractivity contribution < 1.29 is 18.3 Å². The maximum atomic E-state index is 13.1. The molecule has 130 valence electrons. The molecule has 4 aliphatic carbocycles. The van der Waals surface area contributed by atoms with E-state index in [2.05, 4.69) is 13.0 Å². The fourth-order valence-electron chi connectivity index (χ4n) is 6.58. The molecule has 0 aromatic heterocycles. The predicted molar refractivity (Wildman–Crippen MR) is 82.6 cm³/mol. The van der Waals surface area contributed by atoms with E-state index < -0.39 is 12.1 Å². The lowest BCUT2D eigenvalue weighted by Crippen LogP contribution is -2.50. The molecular formula is C19H27F3O. The number of aliphatic hydroxyl groups excluding tert-OH is 1. The summed E-state index contributed by atoms with van der Waals surface area (Å²) in [5.41, 5.74) is -0.0306. The van der Waals surface area contributed by atoms with Crippen molar-refractivity contribution >= 4 is 0 Å². The van der Waals surface area contributed by atoms with Gasteiger partial charge in [0.1, 0.15) is 0 Å². The van der Waals surface area contributed by atoms with Crippen molar-refractivity contribution in [1.29, 1.82) is 0 Å². The quantitative estimate of drug-likeness (QED) is 0.624. The Bertz CT molecular complexity index is 499. The fraction of sp³-hybridized carbons (Fsp3) is 0.895. The van der Waals surface area contributed by atoms with E-state index in [4.69, 9.17) is 0 Å². The lowest BCUT2D eigenvalue weighted by atomic mass is 9.50. The van der Waals surface area contributed by atoms with Crippen LogP contribution in [0, 0.1) is 40.9 Å². The molecule has 1 N–H and O–H groups in total. The average molecular weight is 328 g/mol. The van der Waals surface area contributed by atoms with Crippen LogP contribution in [-0.4, -0.2) is 17.4 Å². The van der Waals surface area contributed by atoms with Gasteiger partial charge in [-0.2, -0.15) is 13.2 Å². The molecule has 3 saturated carbocycles. The number of alkyl halides is 3. The van der Waals surface area contributed by atoms with Gasteiger partial charge in [-0.1, -0.05) is 19.1 Å². The Morgan fingerprint density at radius 1 is 0.957 bits per heavy atom. The smallest absolute Gasteiger partial charge is 0.388 e. The first kappa shape index (κ1) is 16.0. The molecule has 0 radical (unpaired) electrons. The zero-order valence-corrected chi connectivity index (χ0v) is 13.7. The summed E-state index contributed by atoms with van der Waals surface area (Å²) >= 11 is 0. The van der Waals surface area contributed by atoms with Gasteiger partial charge in [0, 0.05) is 5.41 Å². The van der Waals surface area contributed by atoms with Crippen molar-refractivity contribution in [3.05, 3.63) is 12.2 Å². The van der Waals surface area contributed by atoms with Gasteiger partial charge in [-0.15, -0.1) is 0 Å². The molecule has 0 bridgehead atoms. The minimum atomic E-state index is -4.01. The van der Waals surface area contributed by atoms with E-state index in [0.29, 0.717) is 36.5 Å². The lowest BCUT2D eigenvalue weighted by Gasteiger charge is -2.55. The summed E-state index contributed by atoms with van der Waals surface area (Å²) in [7, 11) is 0. The van der Waals surface area contributed by atoms with Gasteiger partial charge in [-0.3, -0.25) is 0 Å². The zero-order valence-electron chi connectivity index (χ0n) is 13.7. The summed E-state index contributed by atoms with van der Waals surface area (Å²) in [6, 6.07) is 0. The van der Waals surface area contributed by atoms with E-state index in [1.54, 1.807) is 0 Å². The van der Waals surface area contributed by atoms with Crippen LogP contribution in [0.25, 0.3) is 0 Å². The highest BCUT2D eigenvalue weighted by Crippen LogP contribution is 2.61. The highest BCUT2D eigenvalue weighted by Gasteiger charge is 2.56. The van der Waals surface area contributed by atoms with Gasteiger partial charge >= 0.3 is 6.18 Å². The van der Waals surface area contributed by atoms with E-state index in [1.807, 2.05) is 6.08 Å². The monoisotopic (exact) mass is 328 g/mol. The van der Waals surface area contributed by atoms with Gasteiger partial charge in [-0.05, 0) is 74.5 Å². The number of hydrogen-bond acceptors (Lipinski definition) is 1. The molecule has 4 aliphatic rings. The van der Waals surface area contributed by atoms with E-state index in [1.165, 1.54) is 0 Å². The Hall–Kier alpha value is -0.510. The van der Waals surface area contributed by atoms with Crippen molar-refractivity contribution in [3.8, 4) is 0 Å². The van der Waals surface area contributed by atoms with Crippen LogP contribution in [-0.2, 0) is 0 Å². The number of hydrogen-bond donors (Lipinski definition) is 1. The van der Waals surface area contributed by atoms with Crippen LogP contribution in [0.4, 0.5) is 13.2 Å². The van der Waals surface area contributed by atoms with Crippen LogP contribution in [0.3, 0.4) is 0 Å². The molecule has 8 atom stereocenters. The Balaban J connectivity index is 1.52. The molecule has 0 aliphatic heterocycles. The van der Waals surface area contributed by atoms with Gasteiger partial charge in [-0.25, -0.2) is 0 Å². The molecule has 0 amide bonds. The summed E-state index contributed by atoms with van der Waals surface area (Å²) < 4.78 is 39.2. The zero-order chi connectivity index (χ0) is 16.4. The maximum absolute atomic E-state index is 13.1. The second-order valence-electron chi connectivity index (χ2n) is 8.78. The first-order valence-electron chi connectivity index (χ1n) is 9.24. The molecule has 1 nitrogen and oxygen atoms in total. The van der Waals surface area contributed by atoms with Gasteiger partial charge in [0.25, 0.3) is 0 Å². The van der Waals surface area contributed by atoms with Crippen LogP contribution in [0.15, 0.2) is 12.2 Å². The average Bonchev–Trinajstić information content (AvgIpc) is 2.81. The maximum Gasteiger partial charge on any atom is 0.391 e. The minimum Gasteiger partial charge on any atom is -0.388 e. The topological polar surface area (TPSA) is 20.2 Å². The highest BCUT2D eigenvalue weighted by atomic mass is 19.4. The SMILES string of the molecule is C[C@]12CCC3[C@@H](CC[C@@H]4CC(C(F)(F)F)CC[C@H]34)C1C=C[C@@H]2O. The predicted octanol–water partition coefficient (Wildman–Crippen LogP) is 4.95. The summed E-state index contributed by atoms with van der Waals surface area (Å²) in [6.45, 7) is 2.20. The number of aliphatic hydroxyl groups is 1. The fourth-order valence-corrected chi connectivity index (χ4v) is 6.58. The van der Waals surface area contributed by atoms with Crippen molar-refractivity contribution in [2.24, 2.45) is 40.9 Å². The number of fused-ring (bicyclic) bond motifs is 5.